The molecule has 4 aliphatic heterocycles. The monoisotopic (exact) mass is 404 g/mol. The van der Waals surface area contributed by atoms with Gasteiger partial charge >= 0.3 is 0 Å². The summed E-state index contributed by atoms with van der Waals surface area (Å²) in [6.45, 7) is 2.35. The predicted molar refractivity (Wildman–Crippen MR) is 109 cm³/mol. The molecular formula is C24H24N2O4. The molecule has 154 valence electrons. The van der Waals surface area contributed by atoms with Crippen molar-refractivity contribution >= 4 is 17.6 Å². The molecule has 6 nitrogen and oxygen atoms in total. The normalized spacial score (nSPS) is 32.5. The van der Waals surface area contributed by atoms with E-state index in [-0.39, 0.29) is 18.2 Å². The fourth-order valence-electron chi connectivity index (χ4n) is 5.79. The van der Waals surface area contributed by atoms with Crippen LogP contribution >= 0.6 is 0 Å². The lowest BCUT2D eigenvalue weighted by Crippen LogP contribution is -2.85. The van der Waals surface area contributed by atoms with E-state index >= 15 is 0 Å². The van der Waals surface area contributed by atoms with Crippen LogP contribution in [0.2, 0.25) is 0 Å². The molecule has 1 spiro atoms. The molecule has 4 heterocycles. The number of aliphatic hydroxyl groups is 1. The lowest BCUT2D eigenvalue weighted by Gasteiger charge is -2.63. The molecule has 0 unspecified atom stereocenters. The molecular weight excluding hydrogens is 380 g/mol. The molecule has 0 aliphatic carbocycles. The Hall–Kier alpha value is -2.99. The Labute approximate surface area is 175 Å². The zero-order valence-corrected chi connectivity index (χ0v) is 16.8. The van der Waals surface area contributed by atoms with Crippen molar-refractivity contribution in [1.82, 2.24) is 9.80 Å². The van der Waals surface area contributed by atoms with E-state index in [1.807, 2.05) is 43.3 Å². The van der Waals surface area contributed by atoms with Crippen molar-refractivity contribution in [2.24, 2.45) is 11.8 Å². The number of carbonyl (C=O) groups is 3. The summed E-state index contributed by atoms with van der Waals surface area (Å²) in [6, 6.07) is 18.0. The second-order valence-corrected chi connectivity index (χ2v) is 8.58. The molecule has 1 N–H and O–H groups in total. The molecule has 2 aromatic carbocycles. The largest absolute Gasteiger partial charge is 0.362 e. The number of piperidine rings is 2. The van der Waals surface area contributed by atoms with Gasteiger partial charge in [0.15, 0.2) is 5.78 Å². The summed E-state index contributed by atoms with van der Waals surface area (Å²) in [7, 11) is 0. The fourth-order valence-corrected chi connectivity index (χ4v) is 5.79. The number of rotatable bonds is 4. The average Bonchev–Trinajstić information content (AvgIpc) is 3.22. The number of benzene rings is 2. The predicted octanol–water partition coefficient (Wildman–Crippen LogP) is 2.23. The first kappa shape index (κ1) is 19.0. The summed E-state index contributed by atoms with van der Waals surface area (Å²) >= 11 is 0. The van der Waals surface area contributed by atoms with Crippen molar-refractivity contribution in [3.8, 4) is 0 Å². The molecule has 0 radical (unpaired) electrons. The standard InChI is InChI=1S/C24H24N2O4/c1-16-19(20(27)18-11-6-3-7-12-18)24(30)22(29)25-14-8-13-23(16,25)21(28)26(24)15-17-9-4-2-5-10-17/h2-7,9-12,16,19,30H,8,13-15H2,1H3/t16-,19+,23+,24-/m1/s1. The highest BCUT2D eigenvalue weighted by Crippen LogP contribution is 2.56. The second-order valence-electron chi connectivity index (χ2n) is 8.58. The number of nitrogens with zero attached hydrogens (tertiary/aromatic N) is 2. The summed E-state index contributed by atoms with van der Waals surface area (Å²) in [4.78, 5) is 43.6. The van der Waals surface area contributed by atoms with E-state index < -0.39 is 29.0 Å². The highest BCUT2D eigenvalue weighted by atomic mass is 16.3. The van der Waals surface area contributed by atoms with E-state index in [1.165, 1.54) is 9.80 Å². The number of hydrogen-bond acceptors (Lipinski definition) is 4. The summed E-state index contributed by atoms with van der Waals surface area (Å²) in [6.07, 6.45) is 1.20. The zero-order valence-electron chi connectivity index (χ0n) is 16.8. The molecule has 0 aromatic heterocycles. The third-order valence-corrected chi connectivity index (χ3v) is 7.22. The van der Waals surface area contributed by atoms with Crippen LogP contribution in [0, 0.1) is 11.8 Å². The third kappa shape index (κ3) is 2.25. The van der Waals surface area contributed by atoms with Crippen molar-refractivity contribution in [2.45, 2.75) is 37.6 Å². The number of ketones is 1. The van der Waals surface area contributed by atoms with Crippen LogP contribution in [0.5, 0.6) is 0 Å². The van der Waals surface area contributed by atoms with Gasteiger partial charge in [-0.1, -0.05) is 67.6 Å². The van der Waals surface area contributed by atoms with Crippen LogP contribution < -0.4 is 0 Å². The van der Waals surface area contributed by atoms with E-state index in [0.717, 1.165) is 5.56 Å². The van der Waals surface area contributed by atoms with Crippen molar-refractivity contribution in [2.75, 3.05) is 6.54 Å². The molecule has 30 heavy (non-hydrogen) atoms. The Morgan fingerprint density at radius 3 is 2.33 bits per heavy atom. The number of Topliss-reactive ketones (excluding diaryl/α,β-unsaturated/α-hetero) is 1. The van der Waals surface area contributed by atoms with Gasteiger partial charge in [-0.3, -0.25) is 19.3 Å². The highest BCUT2D eigenvalue weighted by molar-refractivity contribution is 6.10. The first-order valence-electron chi connectivity index (χ1n) is 10.4. The van der Waals surface area contributed by atoms with Crippen LogP contribution in [-0.2, 0) is 16.1 Å². The SMILES string of the molecule is C[C@@H]1[C@@H](C(=O)c2ccccc2)[C@@]2(O)C(=O)N3CCC[C@@]13C(=O)N2Cc1ccccc1. The maximum absolute atomic E-state index is 13.7. The lowest BCUT2D eigenvalue weighted by molar-refractivity contribution is -0.245. The maximum atomic E-state index is 13.7. The minimum atomic E-state index is -2.19. The number of carbonyl (C=O) groups excluding carboxylic acids is 3. The van der Waals surface area contributed by atoms with Gasteiger partial charge in [0.2, 0.25) is 5.72 Å². The van der Waals surface area contributed by atoms with E-state index in [4.69, 9.17) is 0 Å². The average molecular weight is 404 g/mol. The van der Waals surface area contributed by atoms with Crippen molar-refractivity contribution in [3.05, 3.63) is 71.8 Å². The molecule has 2 aromatic rings. The molecule has 0 saturated carbocycles. The smallest absolute Gasteiger partial charge is 0.277 e. The second kappa shape index (κ2) is 6.51. The van der Waals surface area contributed by atoms with Gasteiger partial charge in [0.25, 0.3) is 11.8 Å². The lowest BCUT2D eigenvalue weighted by atomic mass is 9.60. The van der Waals surface area contributed by atoms with E-state index in [2.05, 4.69) is 0 Å². The highest BCUT2D eigenvalue weighted by Gasteiger charge is 2.76. The minimum absolute atomic E-state index is 0.0861. The van der Waals surface area contributed by atoms with Crippen LogP contribution in [0.4, 0.5) is 0 Å². The molecule has 6 rings (SSSR count). The van der Waals surface area contributed by atoms with Crippen molar-refractivity contribution < 1.29 is 19.5 Å². The van der Waals surface area contributed by atoms with Crippen LogP contribution in [0.15, 0.2) is 60.7 Å². The van der Waals surface area contributed by atoms with Crippen molar-refractivity contribution in [1.29, 1.82) is 0 Å². The maximum Gasteiger partial charge on any atom is 0.277 e. The summed E-state index contributed by atoms with van der Waals surface area (Å²) in [5, 5.41) is 11.9. The van der Waals surface area contributed by atoms with Gasteiger partial charge in [0.05, 0.1) is 5.92 Å². The quantitative estimate of drug-likeness (QED) is 0.793. The van der Waals surface area contributed by atoms with Crippen molar-refractivity contribution in [3.63, 3.8) is 0 Å². The molecule has 4 saturated heterocycles. The Morgan fingerprint density at radius 1 is 1.03 bits per heavy atom. The number of hydrogen-bond donors (Lipinski definition) is 1. The van der Waals surface area contributed by atoms with Crippen LogP contribution in [0.1, 0.15) is 35.7 Å². The number of piperazine rings is 1. The van der Waals surface area contributed by atoms with Gasteiger partial charge in [-0.2, -0.15) is 0 Å². The van der Waals surface area contributed by atoms with E-state index in [0.29, 0.717) is 24.9 Å². The summed E-state index contributed by atoms with van der Waals surface area (Å²) < 4.78 is 0. The number of fused-ring (bicyclic) bond motifs is 2. The first-order chi connectivity index (χ1) is 14.4. The Bertz CT molecular complexity index is 1020. The fraction of sp³-hybridized carbons (Fsp3) is 0.375. The Kier molecular flexibility index (Phi) is 4.12. The van der Waals surface area contributed by atoms with Gasteiger partial charge in [0.1, 0.15) is 5.54 Å². The van der Waals surface area contributed by atoms with Crippen LogP contribution in [-0.4, -0.2) is 50.3 Å². The molecule has 2 bridgehead atoms. The zero-order chi connectivity index (χ0) is 21.1. The van der Waals surface area contributed by atoms with Crippen LogP contribution in [0.25, 0.3) is 0 Å². The molecule has 4 aliphatic rings. The summed E-state index contributed by atoms with van der Waals surface area (Å²) in [5.74, 6) is -2.56. The number of amides is 2. The molecule has 4 atom stereocenters. The van der Waals surface area contributed by atoms with E-state index in [1.54, 1.807) is 24.3 Å². The van der Waals surface area contributed by atoms with E-state index in [9.17, 15) is 19.5 Å². The minimum Gasteiger partial charge on any atom is -0.362 e. The summed E-state index contributed by atoms with van der Waals surface area (Å²) in [5.41, 5.74) is -2.01. The van der Waals surface area contributed by atoms with Gasteiger partial charge in [-0.15, -0.1) is 0 Å². The first-order valence-corrected chi connectivity index (χ1v) is 10.4. The molecule has 4 fully saturated rings. The van der Waals surface area contributed by atoms with Gasteiger partial charge in [-0.25, -0.2) is 0 Å². The van der Waals surface area contributed by atoms with Gasteiger partial charge < -0.3 is 10.0 Å². The Morgan fingerprint density at radius 2 is 1.67 bits per heavy atom. The third-order valence-electron chi connectivity index (χ3n) is 7.22. The van der Waals surface area contributed by atoms with Gasteiger partial charge in [0, 0.05) is 24.6 Å². The molecule has 2 amide bonds. The van der Waals surface area contributed by atoms with Gasteiger partial charge in [-0.05, 0) is 18.4 Å². The van der Waals surface area contributed by atoms with Crippen LogP contribution in [0.3, 0.4) is 0 Å². The topological polar surface area (TPSA) is 77.9 Å². The molecule has 6 heteroatoms. The Balaban J connectivity index is 1.66.